The number of anilines is 1. The maximum atomic E-state index is 15.5. The first kappa shape index (κ1) is 39.1. The number of piperidine rings is 1. The molecule has 0 atom stereocenters. The van der Waals surface area contributed by atoms with E-state index >= 15 is 4.39 Å². The quantitative estimate of drug-likeness (QED) is 0.128. The van der Waals surface area contributed by atoms with Gasteiger partial charge in [0.05, 0.1) is 22.8 Å². The normalized spacial score (nSPS) is 13.7. The van der Waals surface area contributed by atoms with Crippen LogP contribution < -0.4 is 14.8 Å². The van der Waals surface area contributed by atoms with Crippen molar-refractivity contribution < 1.29 is 27.1 Å². The maximum absolute atomic E-state index is 15.5. The average Bonchev–Trinajstić information content (AvgIpc) is 3.63. The van der Waals surface area contributed by atoms with Crippen LogP contribution in [0.5, 0.6) is 11.5 Å². The van der Waals surface area contributed by atoms with Crippen LogP contribution in [-0.2, 0) is 21.3 Å². The summed E-state index contributed by atoms with van der Waals surface area (Å²) in [6, 6.07) is 19.4. The lowest BCUT2D eigenvalue weighted by Gasteiger charge is -2.29. The summed E-state index contributed by atoms with van der Waals surface area (Å²) in [6.07, 6.45) is 4.25. The Kier molecular flexibility index (Phi) is 12.2. The van der Waals surface area contributed by atoms with Crippen molar-refractivity contribution in [1.82, 2.24) is 20.2 Å². The highest BCUT2D eigenvalue weighted by Crippen LogP contribution is 2.40. The average molecular weight is 792 g/mol. The summed E-state index contributed by atoms with van der Waals surface area (Å²) in [5.74, 6) is -0.194. The van der Waals surface area contributed by atoms with Crippen LogP contribution in [0.4, 0.5) is 15.0 Å². The molecule has 0 radical (unpaired) electrons. The molecular formula is C40H43ClFN5O5S2. The first-order chi connectivity index (χ1) is 25.7. The van der Waals surface area contributed by atoms with Gasteiger partial charge in [-0.2, -0.15) is 0 Å². The Bertz CT molecular complexity index is 2210. The van der Waals surface area contributed by atoms with Crippen LogP contribution in [0.3, 0.4) is 0 Å². The lowest BCUT2D eigenvalue weighted by atomic mass is 9.94. The van der Waals surface area contributed by atoms with Crippen molar-refractivity contribution in [3.63, 3.8) is 0 Å². The number of ether oxygens (including phenoxy) is 2. The molecule has 54 heavy (non-hydrogen) atoms. The van der Waals surface area contributed by atoms with Crippen LogP contribution in [0.2, 0.25) is 5.02 Å². The molecule has 6 rings (SSSR count). The number of hydrogen-bond acceptors (Lipinski definition) is 9. The zero-order chi connectivity index (χ0) is 38.5. The molecule has 0 unspecified atom stereocenters. The Balaban J connectivity index is 1.34. The number of aromatic nitrogens is 2. The molecule has 1 saturated heterocycles. The van der Waals surface area contributed by atoms with E-state index in [1.165, 1.54) is 22.2 Å². The molecule has 3 aromatic carbocycles. The maximum Gasteiger partial charge on any atom is 0.410 e. The van der Waals surface area contributed by atoms with Crippen molar-refractivity contribution in [1.29, 1.82) is 0 Å². The van der Waals surface area contributed by atoms with E-state index in [2.05, 4.69) is 26.1 Å². The smallest absolute Gasteiger partial charge is 0.410 e. The number of pyridine rings is 1. The monoisotopic (exact) mass is 791 g/mol. The second kappa shape index (κ2) is 16.8. The largest absolute Gasteiger partial charge is 0.455 e. The summed E-state index contributed by atoms with van der Waals surface area (Å²) in [5, 5.41) is 4.78. The van der Waals surface area contributed by atoms with Gasteiger partial charge in [-0.15, -0.1) is 11.3 Å². The van der Waals surface area contributed by atoms with Gasteiger partial charge in [-0.1, -0.05) is 47.5 Å². The summed E-state index contributed by atoms with van der Waals surface area (Å²) in [4.78, 5) is 23.1. The number of carbonyl (C=O) groups excluding carboxylic acids is 1. The van der Waals surface area contributed by atoms with Gasteiger partial charge in [0.15, 0.2) is 5.82 Å². The van der Waals surface area contributed by atoms with Gasteiger partial charge in [0.2, 0.25) is 0 Å². The highest BCUT2D eigenvalue weighted by Gasteiger charge is 2.26. The highest BCUT2D eigenvalue weighted by atomic mass is 35.5. The first-order valence-corrected chi connectivity index (χ1v) is 20.5. The number of thiazole rings is 1. The molecule has 1 aliphatic rings. The molecule has 1 fully saturated rings. The number of rotatable bonds is 12. The van der Waals surface area contributed by atoms with Crippen LogP contribution in [-0.4, -0.2) is 54.6 Å². The number of carbonyl (C=O) groups is 1. The van der Waals surface area contributed by atoms with Gasteiger partial charge in [-0.25, -0.2) is 22.6 Å². The van der Waals surface area contributed by atoms with Crippen molar-refractivity contribution in [3.05, 3.63) is 106 Å². The van der Waals surface area contributed by atoms with Gasteiger partial charge < -0.3 is 19.7 Å². The molecule has 0 saturated carbocycles. The molecule has 2 aromatic heterocycles. The minimum atomic E-state index is -4.33. The standard InChI is InChI=1S/C40H43ClFN5O5S2/c1-26-6-5-7-28(18-26)29-8-9-35(51-36-22-34(42)37(21-33(36)41)54(49,50)46-38-24-53-25-45-38)32(20-29)30-12-16-44-31(19-30)23-47(39(48)52-40(2,3)4)17-13-27-10-14-43-15-11-27/h5-9,12,16,18-22,24-25,27,43,46H,10-11,13-15,17,23H2,1-4H3. The fourth-order valence-electron chi connectivity index (χ4n) is 6.22. The summed E-state index contributed by atoms with van der Waals surface area (Å²) < 4.78 is 55.8. The van der Waals surface area contributed by atoms with Crippen molar-refractivity contribution in [3.8, 4) is 33.8 Å². The zero-order valence-electron chi connectivity index (χ0n) is 30.6. The van der Waals surface area contributed by atoms with Crippen molar-refractivity contribution in [2.24, 2.45) is 5.92 Å². The van der Waals surface area contributed by atoms with E-state index in [4.69, 9.17) is 21.1 Å². The van der Waals surface area contributed by atoms with E-state index in [0.29, 0.717) is 29.5 Å². The summed E-state index contributed by atoms with van der Waals surface area (Å²) in [5.41, 5.74) is 5.79. The van der Waals surface area contributed by atoms with Gasteiger partial charge in [0.25, 0.3) is 10.0 Å². The van der Waals surface area contributed by atoms with E-state index < -0.39 is 32.4 Å². The molecule has 1 amide bonds. The van der Waals surface area contributed by atoms with Crippen LogP contribution in [0.15, 0.2) is 88.7 Å². The van der Waals surface area contributed by atoms with Crippen LogP contribution in [0.25, 0.3) is 22.3 Å². The van der Waals surface area contributed by atoms with Crippen LogP contribution >= 0.6 is 22.9 Å². The lowest BCUT2D eigenvalue weighted by molar-refractivity contribution is 0.0218. The van der Waals surface area contributed by atoms with Gasteiger partial charge in [-0.05, 0) is 113 Å². The first-order valence-electron chi connectivity index (χ1n) is 17.7. The third-order valence-corrected chi connectivity index (χ3v) is 11.1. The molecule has 0 spiro atoms. The molecule has 2 N–H and O–H groups in total. The predicted molar refractivity (Wildman–Crippen MR) is 211 cm³/mol. The number of nitrogens with zero attached hydrogens (tertiary/aromatic N) is 3. The molecule has 284 valence electrons. The number of benzene rings is 3. The Morgan fingerprint density at radius 3 is 2.52 bits per heavy atom. The molecule has 0 bridgehead atoms. The molecule has 1 aliphatic heterocycles. The van der Waals surface area contributed by atoms with E-state index in [1.54, 1.807) is 17.2 Å². The SMILES string of the molecule is Cc1cccc(-c2ccc(Oc3cc(F)c(S(=O)(=O)Nc4cscn4)cc3Cl)c(-c3ccnc(CN(CCC4CCNCC4)C(=O)OC(C)(C)C)c3)c2)c1. The summed E-state index contributed by atoms with van der Waals surface area (Å²) in [7, 11) is -4.33. The molecule has 14 heteroatoms. The second-order valence-corrected chi connectivity index (χ2v) is 17.1. The minimum absolute atomic E-state index is 0.0712. The minimum Gasteiger partial charge on any atom is -0.455 e. The molecular weight excluding hydrogens is 749 g/mol. The Morgan fingerprint density at radius 2 is 1.80 bits per heavy atom. The number of nitrogens with one attached hydrogen (secondary N) is 2. The predicted octanol–water partition coefficient (Wildman–Crippen LogP) is 9.69. The van der Waals surface area contributed by atoms with Crippen LogP contribution in [0.1, 0.15) is 51.3 Å². The van der Waals surface area contributed by atoms with E-state index in [9.17, 15) is 13.2 Å². The fourth-order valence-corrected chi connectivity index (χ4v) is 8.13. The molecule has 10 nitrogen and oxygen atoms in total. The molecule has 3 heterocycles. The van der Waals surface area contributed by atoms with Crippen molar-refractivity contribution >= 4 is 44.9 Å². The Labute approximate surface area is 324 Å². The van der Waals surface area contributed by atoms with Crippen molar-refractivity contribution in [2.75, 3.05) is 24.4 Å². The summed E-state index contributed by atoms with van der Waals surface area (Å²) in [6.45, 7) is 10.3. The van der Waals surface area contributed by atoms with Crippen molar-refractivity contribution in [2.45, 2.75) is 64.0 Å². The number of hydrogen-bond donors (Lipinski definition) is 2. The number of sulfonamides is 1. The van der Waals surface area contributed by atoms with E-state index in [-0.39, 0.29) is 23.1 Å². The number of halogens is 2. The van der Waals surface area contributed by atoms with Gasteiger partial charge in [0, 0.05) is 29.8 Å². The number of aryl methyl sites for hydroxylation is 1. The number of amides is 1. The lowest BCUT2D eigenvalue weighted by Crippen LogP contribution is -2.38. The third kappa shape index (κ3) is 10.1. The Morgan fingerprint density at radius 1 is 1.02 bits per heavy atom. The highest BCUT2D eigenvalue weighted by molar-refractivity contribution is 7.92. The van der Waals surface area contributed by atoms with Gasteiger partial charge in [0.1, 0.15) is 27.8 Å². The second-order valence-electron chi connectivity index (χ2n) is 14.3. The summed E-state index contributed by atoms with van der Waals surface area (Å²) >= 11 is 7.76. The third-order valence-electron chi connectivity index (χ3n) is 8.90. The van der Waals surface area contributed by atoms with E-state index in [1.807, 2.05) is 70.2 Å². The fraction of sp³-hybridized carbons (Fsp3) is 0.325. The Hall–Kier alpha value is -4.56. The van der Waals surface area contributed by atoms with Gasteiger partial charge in [-0.3, -0.25) is 9.71 Å². The topological polar surface area (TPSA) is 123 Å². The molecule has 5 aromatic rings. The van der Waals surface area contributed by atoms with Crippen LogP contribution in [0, 0.1) is 18.7 Å². The molecule has 0 aliphatic carbocycles. The van der Waals surface area contributed by atoms with E-state index in [0.717, 1.165) is 66.7 Å². The van der Waals surface area contributed by atoms with Gasteiger partial charge >= 0.3 is 6.09 Å². The zero-order valence-corrected chi connectivity index (χ0v) is 33.0.